The van der Waals surface area contributed by atoms with Crippen molar-refractivity contribution in [3.63, 3.8) is 0 Å². The average Bonchev–Trinajstić information content (AvgIpc) is 3.84. The minimum Gasteiger partial charge on any atom is -0.370 e. The summed E-state index contributed by atoms with van der Waals surface area (Å²) in [7, 11) is 2.07. The fraction of sp³-hybridized carbons (Fsp3) is 0.500. The third kappa shape index (κ3) is 19.1. The molecule has 72 heavy (non-hydrogen) atoms. The van der Waals surface area contributed by atoms with Gasteiger partial charge in [0.05, 0.1) is 19.0 Å². The molecule has 2 aromatic carbocycles. The molecule has 24 nitrogen and oxygen atoms in total. The van der Waals surface area contributed by atoms with Crippen LogP contribution in [-0.4, -0.2) is 149 Å². The van der Waals surface area contributed by atoms with E-state index < -0.39 is 139 Å². The molecule has 8 atom stereocenters. The fourth-order valence-electron chi connectivity index (χ4n) is 7.77. The van der Waals surface area contributed by atoms with Gasteiger partial charge in [-0.25, -0.2) is 0 Å². The van der Waals surface area contributed by atoms with Crippen molar-refractivity contribution in [3.8, 4) is 0 Å². The molecule has 11 amide bonds. The van der Waals surface area contributed by atoms with Crippen molar-refractivity contribution in [2.24, 2.45) is 28.7 Å². The van der Waals surface area contributed by atoms with Crippen LogP contribution in [0, 0.1) is 0 Å². The predicted molar refractivity (Wildman–Crippen MR) is 267 cm³/mol. The molecule has 2 fully saturated rings. The zero-order valence-electron chi connectivity index (χ0n) is 39.6. The number of nitrogens with two attached hydrogens (primary N) is 5. The van der Waals surface area contributed by atoms with Crippen molar-refractivity contribution >= 4 is 86.6 Å². The smallest absolute Gasteiger partial charge is 0.246 e. The van der Waals surface area contributed by atoms with Crippen molar-refractivity contribution in [1.82, 2.24) is 42.1 Å². The van der Waals surface area contributed by atoms with Crippen LogP contribution in [0.4, 0.5) is 0 Å². The van der Waals surface area contributed by atoms with Crippen LogP contribution in [0.25, 0.3) is 0 Å². The number of nitrogens with one attached hydrogen (secondary N) is 7. The Labute approximate surface area is 424 Å². The van der Waals surface area contributed by atoms with E-state index in [4.69, 9.17) is 28.7 Å². The third-order valence-electron chi connectivity index (χ3n) is 11.6. The van der Waals surface area contributed by atoms with Gasteiger partial charge in [-0.15, -0.1) is 0 Å². The van der Waals surface area contributed by atoms with E-state index in [0.29, 0.717) is 36.9 Å². The maximum absolute atomic E-state index is 14.6. The summed E-state index contributed by atoms with van der Waals surface area (Å²) in [6.45, 7) is -0.121. The molecule has 0 bridgehead atoms. The zero-order valence-corrected chi connectivity index (χ0v) is 41.3. The number of carbonyl (C=O) groups is 11. The first-order valence-corrected chi connectivity index (χ1v) is 25.9. The summed E-state index contributed by atoms with van der Waals surface area (Å²) in [5.41, 5.74) is 29.4. The third-order valence-corrected chi connectivity index (χ3v) is 14.0. The number of hydrogen-bond donors (Lipinski definition) is 12. The number of likely N-dealkylation sites (tertiary alicyclic amines) is 1. The Kier molecular flexibility index (Phi) is 23.7. The van der Waals surface area contributed by atoms with Gasteiger partial charge in [-0.1, -0.05) is 82.3 Å². The molecule has 0 spiro atoms. The minimum atomic E-state index is -1.76. The van der Waals surface area contributed by atoms with Crippen LogP contribution in [0.3, 0.4) is 0 Å². The maximum Gasteiger partial charge on any atom is 0.246 e. The van der Waals surface area contributed by atoms with E-state index in [1.54, 1.807) is 60.7 Å². The number of rotatable bonds is 19. The van der Waals surface area contributed by atoms with Crippen LogP contribution in [0.15, 0.2) is 60.7 Å². The van der Waals surface area contributed by atoms with Gasteiger partial charge in [0.1, 0.15) is 42.3 Å². The summed E-state index contributed by atoms with van der Waals surface area (Å²) < 4.78 is 0. The Morgan fingerprint density at radius 1 is 0.667 bits per heavy atom. The molecule has 2 saturated heterocycles. The molecular weight excluding hydrogens is 975 g/mol. The molecule has 0 radical (unpaired) electrons. The number of unbranched alkanes of at least 4 members (excludes halogenated alkanes) is 1. The van der Waals surface area contributed by atoms with Gasteiger partial charge in [0, 0.05) is 37.3 Å². The predicted octanol–water partition coefficient (Wildman–Crippen LogP) is -4.03. The summed E-state index contributed by atoms with van der Waals surface area (Å²) in [6, 6.07) is 6.36. The number of amides is 11. The van der Waals surface area contributed by atoms with Crippen molar-refractivity contribution in [2.45, 2.75) is 113 Å². The summed E-state index contributed by atoms with van der Waals surface area (Å²) >= 11 is 0. The van der Waals surface area contributed by atoms with Gasteiger partial charge >= 0.3 is 0 Å². The van der Waals surface area contributed by atoms with Gasteiger partial charge in [0.2, 0.25) is 65.0 Å². The molecule has 2 aromatic rings. The molecule has 392 valence electrons. The van der Waals surface area contributed by atoms with Crippen molar-refractivity contribution in [3.05, 3.63) is 71.8 Å². The highest BCUT2D eigenvalue weighted by Gasteiger charge is 2.40. The molecule has 2 heterocycles. The van der Waals surface area contributed by atoms with E-state index in [9.17, 15) is 52.7 Å². The molecular formula is C46H65N13O11S2. The van der Waals surface area contributed by atoms with Crippen molar-refractivity contribution in [2.75, 3.05) is 31.1 Å². The SMILES string of the molecule is NCCCC[C@@H](NC(=O)[C@H]1CCCN1C(=O)[C@@H]1CSSC[C@H](N)C(=O)N[C@H](Cc2ccccc2)C(=O)N[C@H](Cc2ccccc2)C(=O)N[C@H](CCC(N)=O)C(=O)N[C@@H](CC(N)=O)C(=O)N1)C(=O)NCC(N)=O. The highest BCUT2D eigenvalue weighted by molar-refractivity contribution is 8.76. The Bertz CT molecular complexity index is 2250. The van der Waals surface area contributed by atoms with Crippen LogP contribution in [0.2, 0.25) is 0 Å². The lowest BCUT2D eigenvalue weighted by Gasteiger charge is -2.31. The number of hydrogen-bond acceptors (Lipinski definition) is 15. The topological polar surface area (TPSA) is 405 Å². The van der Waals surface area contributed by atoms with Gasteiger partial charge in [-0.05, 0) is 56.2 Å². The zero-order chi connectivity index (χ0) is 52.7. The molecule has 4 rings (SSSR count). The van der Waals surface area contributed by atoms with E-state index in [-0.39, 0.29) is 43.7 Å². The van der Waals surface area contributed by atoms with Gasteiger partial charge in [0.25, 0.3) is 0 Å². The molecule has 0 saturated carbocycles. The first-order chi connectivity index (χ1) is 34.4. The molecule has 0 aliphatic carbocycles. The lowest BCUT2D eigenvalue weighted by atomic mass is 10.0. The van der Waals surface area contributed by atoms with Crippen LogP contribution in [-0.2, 0) is 65.6 Å². The molecule has 2 aliphatic rings. The number of carbonyl (C=O) groups excluding carboxylic acids is 11. The van der Waals surface area contributed by atoms with E-state index in [0.717, 1.165) is 21.6 Å². The standard InChI is InChI=1S/C46H65N13O11S2/c47-18-8-7-14-29(40(64)52-23-38(51)62)54-45(69)35-15-9-19-59(35)46(70)34-25-72-71-24-28(48)39(63)55-31(20-26-10-3-1-4-11-26)43(67)56-32(21-27-12-5-2-6-13-27)42(66)53-30(16-17-36(49)60)41(65)57-33(22-37(50)61)44(68)58-34/h1-6,10-13,28-35H,7-9,14-25,47-48H2,(H2,49,60)(H2,50,61)(H2,51,62)(H,52,64)(H,53,66)(H,54,69)(H,55,63)(H,56,67)(H,57,65)(H,58,68)/t28-,29+,30+,31+,32+,33-,34-,35+/m0/s1. The molecule has 26 heteroatoms. The van der Waals surface area contributed by atoms with Crippen LogP contribution < -0.4 is 65.9 Å². The van der Waals surface area contributed by atoms with Gasteiger partial charge < -0.3 is 70.8 Å². The number of nitrogens with zero attached hydrogens (tertiary/aromatic N) is 1. The molecule has 17 N–H and O–H groups in total. The first kappa shape index (κ1) is 57.8. The highest BCUT2D eigenvalue weighted by Crippen LogP contribution is 2.26. The van der Waals surface area contributed by atoms with Crippen molar-refractivity contribution in [1.29, 1.82) is 0 Å². The normalized spacial score (nSPS) is 23.2. The largest absolute Gasteiger partial charge is 0.370 e. The van der Waals surface area contributed by atoms with Crippen molar-refractivity contribution < 1.29 is 52.7 Å². The number of primary amides is 3. The first-order valence-electron chi connectivity index (χ1n) is 23.4. The van der Waals surface area contributed by atoms with E-state index >= 15 is 0 Å². The minimum absolute atomic E-state index is 0.0198. The Morgan fingerprint density at radius 3 is 1.78 bits per heavy atom. The van der Waals surface area contributed by atoms with E-state index in [2.05, 4.69) is 37.2 Å². The summed E-state index contributed by atoms with van der Waals surface area (Å²) in [5.74, 6) is -9.66. The van der Waals surface area contributed by atoms with Crippen LogP contribution in [0.5, 0.6) is 0 Å². The molecule has 0 aromatic heterocycles. The average molecular weight is 1040 g/mol. The fourth-order valence-corrected chi connectivity index (χ4v) is 10.0. The van der Waals surface area contributed by atoms with Gasteiger partial charge in [-0.2, -0.15) is 0 Å². The number of benzene rings is 2. The monoisotopic (exact) mass is 1040 g/mol. The lowest BCUT2D eigenvalue weighted by Crippen LogP contribution is -2.61. The Morgan fingerprint density at radius 2 is 1.21 bits per heavy atom. The van der Waals surface area contributed by atoms with Gasteiger partial charge in [-0.3, -0.25) is 52.7 Å². The maximum atomic E-state index is 14.6. The molecule has 0 unspecified atom stereocenters. The summed E-state index contributed by atoms with van der Waals surface area (Å²) in [4.78, 5) is 149. The van der Waals surface area contributed by atoms with Crippen LogP contribution >= 0.6 is 21.6 Å². The second-order valence-corrected chi connectivity index (χ2v) is 19.8. The van der Waals surface area contributed by atoms with E-state index in [1.807, 2.05) is 0 Å². The quantitative estimate of drug-likeness (QED) is 0.0471. The Balaban J connectivity index is 1.70. The van der Waals surface area contributed by atoms with Crippen LogP contribution in [0.1, 0.15) is 62.5 Å². The second kappa shape index (κ2) is 29.5. The highest BCUT2D eigenvalue weighted by atomic mass is 33.1. The summed E-state index contributed by atoms with van der Waals surface area (Å²) in [6.07, 6.45) is -0.141. The van der Waals surface area contributed by atoms with Gasteiger partial charge in [0.15, 0.2) is 0 Å². The lowest BCUT2D eigenvalue weighted by molar-refractivity contribution is -0.142. The Hall–Kier alpha value is -6.77. The summed E-state index contributed by atoms with van der Waals surface area (Å²) in [5, 5.41) is 18.0. The second-order valence-electron chi connectivity index (χ2n) is 17.3. The van der Waals surface area contributed by atoms with E-state index in [1.165, 1.54) is 4.90 Å². The molecule has 2 aliphatic heterocycles.